The average Bonchev–Trinajstić information content (AvgIpc) is 3.08. The number of carboxylic acid groups (broad SMARTS) is 1. The highest BCUT2D eigenvalue weighted by molar-refractivity contribution is 7.78. The number of carbonyl (C=O) groups is 1. The summed E-state index contributed by atoms with van der Waals surface area (Å²) in [5.74, 6) is -0.743. The number of para-hydroxylation sites is 1. The van der Waals surface area contributed by atoms with E-state index < -0.39 is 5.97 Å². The Hall–Kier alpha value is -3.73. The minimum absolute atomic E-state index is 0.0206. The molecule has 4 rings (SSSR count). The van der Waals surface area contributed by atoms with Gasteiger partial charge >= 0.3 is 5.97 Å². The van der Waals surface area contributed by atoms with Crippen LogP contribution in [-0.4, -0.2) is 29.8 Å². The highest BCUT2D eigenvalue weighted by Gasteiger charge is 2.40. The van der Waals surface area contributed by atoms with E-state index in [4.69, 9.17) is 12.2 Å². The van der Waals surface area contributed by atoms with Crippen LogP contribution in [0.1, 0.15) is 52.2 Å². The van der Waals surface area contributed by atoms with Crippen molar-refractivity contribution in [1.82, 2.24) is 0 Å². The zero-order valence-electron chi connectivity index (χ0n) is 23.6. The first-order valence-corrected chi connectivity index (χ1v) is 13.7. The molecule has 0 aromatic heterocycles. The van der Waals surface area contributed by atoms with Gasteiger partial charge in [-0.3, -0.25) is 4.79 Å². The monoisotopic (exact) mass is 539 g/mol. The molecule has 2 aromatic rings. The fourth-order valence-electron chi connectivity index (χ4n) is 5.68. The fourth-order valence-corrected chi connectivity index (χ4v) is 5.79. The van der Waals surface area contributed by atoms with Crippen molar-refractivity contribution >= 4 is 40.4 Å². The van der Waals surface area contributed by atoms with E-state index in [0.29, 0.717) is 6.54 Å². The fraction of sp³-hybridized carbons (Fsp3) is 0.333. The molecular formula is C33H37N3O2S. The predicted molar refractivity (Wildman–Crippen MR) is 165 cm³/mol. The van der Waals surface area contributed by atoms with Crippen LogP contribution in [0, 0.1) is 5.92 Å². The summed E-state index contributed by atoms with van der Waals surface area (Å²) in [7, 11) is 2.06. The van der Waals surface area contributed by atoms with Crippen LogP contribution in [0.3, 0.4) is 0 Å². The van der Waals surface area contributed by atoms with Gasteiger partial charge < -0.3 is 14.9 Å². The van der Waals surface area contributed by atoms with Crippen LogP contribution in [0.4, 0.5) is 17.1 Å². The number of aliphatic carboxylic acids is 1. The maximum Gasteiger partial charge on any atom is 0.303 e. The molecule has 2 aromatic carbocycles. The lowest BCUT2D eigenvalue weighted by Gasteiger charge is -2.37. The van der Waals surface area contributed by atoms with Gasteiger partial charge in [0.2, 0.25) is 0 Å². The van der Waals surface area contributed by atoms with Gasteiger partial charge in [-0.25, -0.2) is 0 Å². The lowest BCUT2D eigenvalue weighted by atomic mass is 9.74. The number of thiocarbonyl (C=S) groups is 1. The summed E-state index contributed by atoms with van der Waals surface area (Å²) < 4.78 is 0. The first kappa shape index (κ1) is 28.3. The van der Waals surface area contributed by atoms with Gasteiger partial charge in [0.25, 0.3) is 0 Å². The van der Waals surface area contributed by atoms with E-state index in [2.05, 4.69) is 122 Å². The average molecular weight is 540 g/mol. The molecule has 39 heavy (non-hydrogen) atoms. The van der Waals surface area contributed by atoms with Gasteiger partial charge in [0.05, 0.1) is 10.8 Å². The second kappa shape index (κ2) is 11.2. The molecule has 2 aliphatic heterocycles. The topological polar surface area (TPSA) is 56.1 Å². The highest BCUT2D eigenvalue weighted by atomic mass is 32.1. The smallest absolute Gasteiger partial charge is 0.303 e. The van der Waals surface area contributed by atoms with Crippen molar-refractivity contribution in [2.45, 2.75) is 51.9 Å². The molecule has 6 heteroatoms. The molecule has 1 atom stereocenters. The number of rotatable bonds is 8. The van der Waals surface area contributed by atoms with Gasteiger partial charge in [0.15, 0.2) is 0 Å². The van der Waals surface area contributed by atoms with Crippen molar-refractivity contribution < 1.29 is 9.90 Å². The second-order valence-corrected chi connectivity index (χ2v) is 11.7. The first-order chi connectivity index (χ1) is 18.5. The minimum Gasteiger partial charge on any atom is -0.481 e. The van der Waals surface area contributed by atoms with E-state index in [0.717, 1.165) is 17.1 Å². The zero-order valence-corrected chi connectivity index (χ0v) is 24.4. The number of benzene rings is 2. The molecule has 2 aliphatic rings. The summed E-state index contributed by atoms with van der Waals surface area (Å²) in [6, 6.07) is 14.5. The number of carboxylic acids is 1. The lowest BCUT2D eigenvalue weighted by Crippen LogP contribution is -2.30. The molecule has 0 aliphatic carbocycles. The molecule has 0 bridgehead atoms. The number of anilines is 2. The quantitative estimate of drug-likeness (QED) is 0.210. The van der Waals surface area contributed by atoms with Crippen molar-refractivity contribution in [3.05, 3.63) is 101 Å². The Morgan fingerprint density at radius 1 is 1.05 bits per heavy atom. The maximum absolute atomic E-state index is 11.3. The molecule has 0 fully saturated rings. The van der Waals surface area contributed by atoms with Gasteiger partial charge in [-0.15, -0.1) is 0 Å². The number of hydrogen-bond donors (Lipinski definition) is 1. The van der Waals surface area contributed by atoms with Crippen LogP contribution in [0.15, 0.2) is 95.3 Å². The third kappa shape index (κ3) is 5.68. The van der Waals surface area contributed by atoms with Crippen molar-refractivity contribution in [2.24, 2.45) is 10.9 Å². The van der Waals surface area contributed by atoms with Gasteiger partial charge in [0.1, 0.15) is 0 Å². The summed E-state index contributed by atoms with van der Waals surface area (Å²) in [6.07, 6.45) is 12.9. The molecule has 1 N–H and O–H groups in total. The van der Waals surface area contributed by atoms with Crippen molar-refractivity contribution in [3.8, 4) is 0 Å². The molecule has 0 saturated heterocycles. The summed E-state index contributed by atoms with van der Waals surface area (Å²) in [5.41, 5.74) is 7.55. The lowest BCUT2D eigenvalue weighted by molar-refractivity contribution is -0.137. The number of isothiocyanates is 1. The van der Waals surface area contributed by atoms with E-state index >= 15 is 0 Å². The van der Waals surface area contributed by atoms with Crippen LogP contribution in [0.2, 0.25) is 0 Å². The molecular weight excluding hydrogens is 502 g/mol. The maximum atomic E-state index is 11.3. The van der Waals surface area contributed by atoms with E-state index in [1.807, 2.05) is 19.1 Å². The molecule has 1 unspecified atom stereocenters. The van der Waals surface area contributed by atoms with E-state index in [-0.39, 0.29) is 23.2 Å². The Labute approximate surface area is 237 Å². The van der Waals surface area contributed by atoms with Gasteiger partial charge in [-0.1, -0.05) is 77.1 Å². The molecule has 2 heterocycles. The largest absolute Gasteiger partial charge is 0.481 e. The molecule has 202 valence electrons. The molecule has 0 spiro atoms. The summed E-state index contributed by atoms with van der Waals surface area (Å²) in [6.45, 7) is 11.6. The Balaban J connectivity index is 1.59. The number of aliphatic imine (C=N–C) groups is 1. The Kier molecular flexibility index (Phi) is 8.10. The second-order valence-electron chi connectivity index (χ2n) is 11.5. The van der Waals surface area contributed by atoms with E-state index in [1.165, 1.54) is 22.4 Å². The van der Waals surface area contributed by atoms with Crippen molar-refractivity contribution in [2.75, 3.05) is 23.4 Å². The molecule has 5 nitrogen and oxygen atoms in total. The molecule has 0 amide bonds. The molecule has 0 radical (unpaired) electrons. The third-order valence-corrected chi connectivity index (χ3v) is 7.92. The Morgan fingerprint density at radius 3 is 2.51 bits per heavy atom. The predicted octanol–water partition coefficient (Wildman–Crippen LogP) is 7.94. The standard InChI is InChI=1S/C33H37N3O2S/c1-23(18-31(37)38)20-36-29-14-11-10-13-26(29)33(4,5)30(36)15-9-7-8-12-24-21-35(6)28-17-16-25(34-22-39)19-27(28)32(24,2)3/h7-17,19,21,23H,18,20H2,1-6H3,(H,37,38)/b9-7+,12-8+,30-15+. The Morgan fingerprint density at radius 2 is 1.79 bits per heavy atom. The minimum atomic E-state index is -0.763. The SMILES string of the molecule is CC(CC(=O)O)CN1/C(=C/C=C/C=C/C2=CN(C)c3ccc(N=C=S)cc3C2(C)C)C(C)(C)c2ccccc21. The third-order valence-electron chi connectivity index (χ3n) is 7.83. The number of allylic oxidation sites excluding steroid dienone is 7. The van der Waals surface area contributed by atoms with Gasteiger partial charge in [-0.05, 0) is 65.2 Å². The molecule has 0 saturated carbocycles. The number of fused-ring (bicyclic) bond motifs is 2. The van der Waals surface area contributed by atoms with Crippen LogP contribution < -0.4 is 9.80 Å². The van der Waals surface area contributed by atoms with Crippen LogP contribution >= 0.6 is 12.2 Å². The van der Waals surface area contributed by atoms with E-state index in [9.17, 15) is 9.90 Å². The summed E-state index contributed by atoms with van der Waals surface area (Å²) in [4.78, 5) is 19.9. The summed E-state index contributed by atoms with van der Waals surface area (Å²) >= 11 is 4.80. The normalized spacial score (nSPS) is 19.1. The van der Waals surface area contributed by atoms with Gasteiger partial charge in [-0.2, -0.15) is 4.99 Å². The summed E-state index contributed by atoms with van der Waals surface area (Å²) in [5, 5.41) is 11.8. The number of hydrogen-bond acceptors (Lipinski definition) is 5. The first-order valence-electron chi connectivity index (χ1n) is 13.3. The van der Waals surface area contributed by atoms with Crippen LogP contribution in [0.25, 0.3) is 0 Å². The Bertz CT molecular complexity index is 1440. The highest BCUT2D eigenvalue weighted by Crippen LogP contribution is 2.48. The van der Waals surface area contributed by atoms with Crippen molar-refractivity contribution in [3.63, 3.8) is 0 Å². The van der Waals surface area contributed by atoms with Gasteiger partial charge in [0, 0.05) is 54.1 Å². The number of nitrogens with zero attached hydrogens (tertiary/aromatic N) is 3. The zero-order chi connectivity index (χ0) is 28.4. The van der Waals surface area contributed by atoms with Crippen molar-refractivity contribution in [1.29, 1.82) is 0 Å². The van der Waals surface area contributed by atoms with E-state index in [1.54, 1.807) is 0 Å². The van der Waals surface area contributed by atoms with Crippen LogP contribution in [-0.2, 0) is 15.6 Å². The van der Waals surface area contributed by atoms with Crippen LogP contribution in [0.5, 0.6) is 0 Å².